The van der Waals surface area contributed by atoms with Gasteiger partial charge < -0.3 is 9.84 Å². The van der Waals surface area contributed by atoms with Crippen LogP contribution in [-0.2, 0) is 4.74 Å². The summed E-state index contributed by atoms with van der Waals surface area (Å²) in [6.07, 6.45) is 11.7. The smallest absolute Gasteiger partial charge is 0.0682 e. The van der Waals surface area contributed by atoms with E-state index in [1.807, 2.05) is 0 Å². The van der Waals surface area contributed by atoms with Gasteiger partial charge in [0.15, 0.2) is 0 Å². The molecule has 0 spiro atoms. The van der Waals surface area contributed by atoms with Gasteiger partial charge in [-0.3, -0.25) is 0 Å². The number of hydrogen-bond acceptors (Lipinski definition) is 2. The molecule has 6 unspecified atom stereocenters. The van der Waals surface area contributed by atoms with Crippen LogP contribution in [0.4, 0.5) is 0 Å². The summed E-state index contributed by atoms with van der Waals surface area (Å²) < 4.78 is 5.71. The molecule has 2 nitrogen and oxygen atoms in total. The fraction of sp³-hybridized carbons (Fsp3) is 1.00. The van der Waals surface area contributed by atoms with Crippen molar-refractivity contribution in [3.8, 4) is 0 Å². The maximum absolute atomic E-state index is 11.0. The number of rotatable bonds is 3. The predicted octanol–water partition coefficient (Wildman–Crippen LogP) is 3.13. The van der Waals surface area contributed by atoms with Crippen molar-refractivity contribution in [1.29, 1.82) is 0 Å². The van der Waals surface area contributed by atoms with Crippen molar-refractivity contribution < 1.29 is 9.84 Å². The van der Waals surface area contributed by atoms with Crippen LogP contribution in [0.5, 0.6) is 0 Å². The van der Waals surface area contributed by atoms with Gasteiger partial charge in [0.25, 0.3) is 0 Å². The molecule has 0 aromatic heterocycles. The molecule has 6 atom stereocenters. The largest absolute Gasteiger partial charge is 0.390 e. The molecule has 18 heavy (non-hydrogen) atoms. The standard InChI is InChI=1S/C16H26O2/c17-16(7-6-12-3-2-8-18-12)10-11-9-15(16)14-5-1-4-13(11)14/h11-15,17H,1-10H2. The van der Waals surface area contributed by atoms with Gasteiger partial charge in [-0.05, 0) is 75.0 Å². The van der Waals surface area contributed by atoms with Crippen LogP contribution in [0.25, 0.3) is 0 Å². The highest BCUT2D eigenvalue weighted by Crippen LogP contribution is 2.63. The Morgan fingerprint density at radius 3 is 2.83 bits per heavy atom. The van der Waals surface area contributed by atoms with E-state index in [9.17, 15) is 5.11 Å². The Morgan fingerprint density at radius 1 is 1.11 bits per heavy atom. The Morgan fingerprint density at radius 2 is 2.00 bits per heavy atom. The molecule has 4 fully saturated rings. The molecule has 3 saturated carbocycles. The summed E-state index contributed by atoms with van der Waals surface area (Å²) in [6, 6.07) is 0. The Labute approximate surface area is 110 Å². The summed E-state index contributed by atoms with van der Waals surface area (Å²) in [4.78, 5) is 0. The van der Waals surface area contributed by atoms with Crippen LogP contribution in [0.15, 0.2) is 0 Å². The van der Waals surface area contributed by atoms with Crippen LogP contribution < -0.4 is 0 Å². The second-order valence-corrected chi connectivity index (χ2v) is 7.34. The fourth-order valence-corrected chi connectivity index (χ4v) is 5.81. The van der Waals surface area contributed by atoms with Gasteiger partial charge in [0.1, 0.15) is 0 Å². The summed E-state index contributed by atoms with van der Waals surface area (Å²) in [5, 5.41) is 11.0. The first-order valence-electron chi connectivity index (χ1n) is 8.10. The minimum absolute atomic E-state index is 0.317. The zero-order valence-electron chi connectivity index (χ0n) is 11.3. The Balaban J connectivity index is 1.41. The van der Waals surface area contributed by atoms with Crippen molar-refractivity contribution >= 4 is 0 Å². The number of fused-ring (bicyclic) bond motifs is 5. The van der Waals surface area contributed by atoms with Gasteiger partial charge in [-0.25, -0.2) is 0 Å². The van der Waals surface area contributed by atoms with E-state index in [2.05, 4.69) is 0 Å². The van der Waals surface area contributed by atoms with E-state index < -0.39 is 0 Å². The summed E-state index contributed by atoms with van der Waals surface area (Å²) >= 11 is 0. The Bertz CT molecular complexity index is 323. The van der Waals surface area contributed by atoms with Crippen molar-refractivity contribution in [3.05, 3.63) is 0 Å². The average Bonchev–Trinajstić information content (AvgIpc) is 3.09. The molecule has 1 aliphatic heterocycles. The van der Waals surface area contributed by atoms with Crippen LogP contribution in [-0.4, -0.2) is 23.4 Å². The van der Waals surface area contributed by atoms with E-state index in [1.54, 1.807) is 0 Å². The van der Waals surface area contributed by atoms with Crippen molar-refractivity contribution in [2.24, 2.45) is 23.7 Å². The lowest BCUT2D eigenvalue weighted by Crippen LogP contribution is -2.41. The number of aliphatic hydroxyl groups is 1. The highest BCUT2D eigenvalue weighted by Gasteiger charge is 2.59. The molecule has 1 saturated heterocycles. The predicted molar refractivity (Wildman–Crippen MR) is 70.2 cm³/mol. The minimum Gasteiger partial charge on any atom is -0.390 e. The molecule has 102 valence electrons. The first-order valence-corrected chi connectivity index (χ1v) is 8.10. The SMILES string of the molecule is OC1(CCC2CCCO2)CC2CC1C1CCCC21. The lowest BCUT2D eigenvalue weighted by molar-refractivity contribution is -0.0608. The van der Waals surface area contributed by atoms with Crippen LogP contribution in [0.1, 0.15) is 57.8 Å². The molecule has 2 bridgehead atoms. The average molecular weight is 250 g/mol. The summed E-state index contributed by atoms with van der Waals surface area (Å²) in [5.74, 6) is 3.35. The van der Waals surface area contributed by atoms with Gasteiger partial charge in [0.05, 0.1) is 11.7 Å². The zero-order valence-corrected chi connectivity index (χ0v) is 11.3. The van der Waals surface area contributed by atoms with Crippen molar-refractivity contribution in [2.45, 2.75) is 69.5 Å². The molecule has 0 aromatic rings. The van der Waals surface area contributed by atoms with Gasteiger partial charge in [-0.2, -0.15) is 0 Å². The second-order valence-electron chi connectivity index (χ2n) is 7.34. The maximum Gasteiger partial charge on any atom is 0.0682 e. The molecule has 0 aromatic carbocycles. The van der Waals surface area contributed by atoms with Gasteiger partial charge in [0.2, 0.25) is 0 Å². The Hall–Kier alpha value is -0.0800. The Kier molecular flexibility index (Phi) is 2.74. The third-order valence-corrected chi connectivity index (χ3v) is 6.53. The normalized spacial score (nSPS) is 54.2. The van der Waals surface area contributed by atoms with Crippen LogP contribution in [0.2, 0.25) is 0 Å². The lowest BCUT2D eigenvalue weighted by Gasteiger charge is -2.39. The number of ether oxygens (including phenoxy) is 1. The molecular formula is C16H26O2. The topological polar surface area (TPSA) is 29.5 Å². The third kappa shape index (κ3) is 1.68. The van der Waals surface area contributed by atoms with Gasteiger partial charge >= 0.3 is 0 Å². The van der Waals surface area contributed by atoms with E-state index in [1.165, 1.54) is 38.5 Å². The molecule has 4 aliphatic rings. The summed E-state index contributed by atoms with van der Waals surface area (Å²) in [7, 11) is 0. The maximum atomic E-state index is 11.0. The van der Waals surface area contributed by atoms with Gasteiger partial charge in [-0.15, -0.1) is 0 Å². The summed E-state index contributed by atoms with van der Waals surface area (Å²) in [6.45, 7) is 0.944. The van der Waals surface area contributed by atoms with Crippen molar-refractivity contribution in [2.75, 3.05) is 6.61 Å². The van der Waals surface area contributed by atoms with Crippen molar-refractivity contribution in [1.82, 2.24) is 0 Å². The number of hydrogen-bond donors (Lipinski definition) is 1. The highest BCUT2D eigenvalue weighted by atomic mass is 16.5. The van der Waals surface area contributed by atoms with Crippen molar-refractivity contribution in [3.63, 3.8) is 0 Å². The van der Waals surface area contributed by atoms with E-state index in [0.717, 1.165) is 43.6 Å². The first kappa shape index (κ1) is 11.7. The van der Waals surface area contributed by atoms with Gasteiger partial charge in [-0.1, -0.05) is 6.42 Å². The van der Waals surface area contributed by atoms with E-state index in [-0.39, 0.29) is 5.60 Å². The quantitative estimate of drug-likeness (QED) is 0.834. The molecule has 4 rings (SSSR count). The van der Waals surface area contributed by atoms with E-state index in [0.29, 0.717) is 12.0 Å². The summed E-state index contributed by atoms with van der Waals surface area (Å²) in [5.41, 5.74) is -0.317. The molecule has 2 heteroatoms. The van der Waals surface area contributed by atoms with Crippen LogP contribution in [0.3, 0.4) is 0 Å². The molecule has 0 amide bonds. The second kappa shape index (κ2) is 4.21. The fourth-order valence-electron chi connectivity index (χ4n) is 5.81. The molecule has 1 N–H and O–H groups in total. The molecule has 0 radical (unpaired) electrons. The highest BCUT2D eigenvalue weighted by molar-refractivity contribution is 5.10. The minimum atomic E-state index is -0.317. The monoisotopic (exact) mass is 250 g/mol. The van der Waals surface area contributed by atoms with Crippen LogP contribution >= 0.6 is 0 Å². The molecular weight excluding hydrogens is 224 g/mol. The third-order valence-electron chi connectivity index (χ3n) is 6.53. The van der Waals surface area contributed by atoms with E-state index >= 15 is 0 Å². The van der Waals surface area contributed by atoms with Crippen LogP contribution in [0, 0.1) is 23.7 Å². The molecule has 3 aliphatic carbocycles. The lowest BCUT2D eigenvalue weighted by atomic mass is 9.71. The first-order chi connectivity index (χ1) is 8.76. The van der Waals surface area contributed by atoms with Gasteiger partial charge in [0, 0.05) is 6.61 Å². The zero-order chi connectivity index (χ0) is 12.2. The molecule has 1 heterocycles. The van der Waals surface area contributed by atoms with E-state index in [4.69, 9.17) is 4.74 Å².